The van der Waals surface area contributed by atoms with E-state index in [1.807, 2.05) is 6.92 Å². The Kier molecular flexibility index (Phi) is 5.71. The monoisotopic (exact) mass is 277 g/mol. The standard InChI is InChI=1S/C14H19N3O3/c1-5-20-14(19)13(10(3)15-4)17-16-11-8-9(2)6-7-12(11)18/h6-8,16,18H,5H2,1-4H3/b15-10?,17-13+. The van der Waals surface area contributed by atoms with Gasteiger partial charge in [0.2, 0.25) is 0 Å². The van der Waals surface area contributed by atoms with Crippen molar-refractivity contribution in [3.63, 3.8) is 0 Å². The molecule has 0 amide bonds. The molecule has 6 nitrogen and oxygen atoms in total. The van der Waals surface area contributed by atoms with E-state index in [-0.39, 0.29) is 18.1 Å². The van der Waals surface area contributed by atoms with Crippen LogP contribution in [0.25, 0.3) is 0 Å². The molecule has 0 aliphatic heterocycles. The number of carbonyl (C=O) groups is 1. The molecule has 0 atom stereocenters. The van der Waals surface area contributed by atoms with Crippen LogP contribution in [0.1, 0.15) is 19.4 Å². The number of aryl methyl sites for hydroxylation is 1. The number of nitrogens with one attached hydrogen (secondary N) is 1. The van der Waals surface area contributed by atoms with Crippen molar-refractivity contribution in [2.24, 2.45) is 10.1 Å². The number of benzene rings is 1. The normalized spacial score (nSPS) is 12.2. The third-order valence-electron chi connectivity index (χ3n) is 2.59. The average molecular weight is 277 g/mol. The van der Waals surface area contributed by atoms with Gasteiger partial charge in [0.25, 0.3) is 0 Å². The van der Waals surface area contributed by atoms with E-state index in [1.165, 1.54) is 0 Å². The molecule has 1 aromatic rings. The van der Waals surface area contributed by atoms with E-state index in [0.29, 0.717) is 11.4 Å². The second kappa shape index (κ2) is 7.28. The molecule has 0 aromatic heterocycles. The molecule has 1 rings (SSSR count). The maximum absolute atomic E-state index is 11.8. The zero-order valence-corrected chi connectivity index (χ0v) is 12.1. The molecule has 0 saturated heterocycles. The zero-order chi connectivity index (χ0) is 15.1. The third-order valence-corrected chi connectivity index (χ3v) is 2.59. The second-order valence-corrected chi connectivity index (χ2v) is 4.12. The van der Waals surface area contributed by atoms with Crippen molar-refractivity contribution < 1.29 is 14.6 Å². The molecule has 0 aliphatic rings. The van der Waals surface area contributed by atoms with Crippen LogP contribution >= 0.6 is 0 Å². The average Bonchev–Trinajstić information content (AvgIpc) is 2.42. The predicted octanol–water partition coefficient (Wildman–Crippen LogP) is 2.12. The first-order chi connectivity index (χ1) is 9.49. The minimum absolute atomic E-state index is 0.0497. The number of hydrogen-bond donors (Lipinski definition) is 2. The van der Waals surface area contributed by atoms with Crippen molar-refractivity contribution >= 4 is 23.1 Å². The van der Waals surface area contributed by atoms with Gasteiger partial charge in [-0.3, -0.25) is 10.4 Å². The summed E-state index contributed by atoms with van der Waals surface area (Å²) < 4.78 is 4.92. The largest absolute Gasteiger partial charge is 0.506 e. The summed E-state index contributed by atoms with van der Waals surface area (Å²) in [4.78, 5) is 15.7. The number of nitrogens with zero attached hydrogens (tertiary/aromatic N) is 2. The Morgan fingerprint density at radius 3 is 2.75 bits per heavy atom. The van der Waals surface area contributed by atoms with Gasteiger partial charge in [0.1, 0.15) is 5.75 Å². The van der Waals surface area contributed by atoms with Crippen molar-refractivity contribution in [1.29, 1.82) is 0 Å². The van der Waals surface area contributed by atoms with Gasteiger partial charge >= 0.3 is 5.97 Å². The summed E-state index contributed by atoms with van der Waals surface area (Å²) in [5, 5.41) is 13.7. The summed E-state index contributed by atoms with van der Waals surface area (Å²) in [7, 11) is 1.56. The van der Waals surface area contributed by atoms with E-state index >= 15 is 0 Å². The topological polar surface area (TPSA) is 83.3 Å². The van der Waals surface area contributed by atoms with Gasteiger partial charge in [-0.25, -0.2) is 4.79 Å². The summed E-state index contributed by atoms with van der Waals surface area (Å²) in [6, 6.07) is 5.05. The maximum atomic E-state index is 11.8. The van der Waals surface area contributed by atoms with Crippen molar-refractivity contribution in [2.75, 3.05) is 19.1 Å². The van der Waals surface area contributed by atoms with Crippen LogP contribution < -0.4 is 5.43 Å². The molecule has 108 valence electrons. The molecule has 0 radical (unpaired) electrons. The lowest BCUT2D eigenvalue weighted by Crippen LogP contribution is -2.25. The highest BCUT2D eigenvalue weighted by molar-refractivity contribution is 6.65. The van der Waals surface area contributed by atoms with E-state index in [0.717, 1.165) is 5.56 Å². The van der Waals surface area contributed by atoms with Crippen LogP contribution in [0, 0.1) is 6.92 Å². The number of carbonyl (C=O) groups excluding carboxylic acids is 1. The number of esters is 1. The Morgan fingerprint density at radius 1 is 1.45 bits per heavy atom. The molecule has 20 heavy (non-hydrogen) atoms. The molecule has 0 bridgehead atoms. The van der Waals surface area contributed by atoms with E-state index in [1.54, 1.807) is 39.1 Å². The quantitative estimate of drug-likeness (QED) is 0.374. The van der Waals surface area contributed by atoms with Crippen LogP contribution in [-0.2, 0) is 9.53 Å². The summed E-state index contributed by atoms with van der Waals surface area (Å²) in [6.07, 6.45) is 0. The van der Waals surface area contributed by atoms with Gasteiger partial charge in [0, 0.05) is 7.05 Å². The number of ether oxygens (including phenoxy) is 1. The van der Waals surface area contributed by atoms with Crippen LogP contribution in [0.4, 0.5) is 5.69 Å². The lowest BCUT2D eigenvalue weighted by molar-refractivity contribution is -0.134. The highest BCUT2D eigenvalue weighted by Crippen LogP contribution is 2.23. The number of phenolic OH excluding ortho intramolecular Hbond substituents is 1. The van der Waals surface area contributed by atoms with Crippen LogP contribution in [0.3, 0.4) is 0 Å². The molecule has 6 heteroatoms. The zero-order valence-electron chi connectivity index (χ0n) is 12.1. The summed E-state index contributed by atoms with van der Waals surface area (Å²) in [5.74, 6) is -0.510. The van der Waals surface area contributed by atoms with Gasteiger partial charge in [-0.05, 0) is 38.5 Å². The number of hydrogen-bond acceptors (Lipinski definition) is 6. The minimum atomic E-state index is -0.560. The number of hydrazone groups is 1. The molecule has 0 saturated carbocycles. The fraction of sp³-hybridized carbons (Fsp3) is 0.357. The number of phenols is 1. The predicted molar refractivity (Wildman–Crippen MR) is 79.6 cm³/mol. The van der Waals surface area contributed by atoms with Crippen LogP contribution in [-0.4, -0.2) is 36.2 Å². The van der Waals surface area contributed by atoms with Crippen molar-refractivity contribution in [3.8, 4) is 5.75 Å². The molecular formula is C14H19N3O3. The molecule has 0 heterocycles. The Labute approximate surface area is 118 Å². The van der Waals surface area contributed by atoms with Crippen LogP contribution in [0.15, 0.2) is 28.3 Å². The van der Waals surface area contributed by atoms with Gasteiger partial charge in [-0.1, -0.05) is 6.07 Å². The SMILES string of the molecule is CCOC(=O)/C(=N/Nc1cc(C)ccc1O)C(C)=NC. The second-order valence-electron chi connectivity index (χ2n) is 4.12. The van der Waals surface area contributed by atoms with Crippen molar-refractivity contribution in [3.05, 3.63) is 23.8 Å². The van der Waals surface area contributed by atoms with Gasteiger partial charge < -0.3 is 9.84 Å². The Hall–Kier alpha value is -2.37. The number of rotatable bonds is 5. The lowest BCUT2D eigenvalue weighted by Gasteiger charge is -2.08. The minimum Gasteiger partial charge on any atom is -0.506 e. The molecule has 0 spiro atoms. The van der Waals surface area contributed by atoms with Crippen molar-refractivity contribution in [2.45, 2.75) is 20.8 Å². The van der Waals surface area contributed by atoms with Gasteiger partial charge in [-0.2, -0.15) is 5.10 Å². The summed E-state index contributed by atoms with van der Waals surface area (Å²) >= 11 is 0. The Morgan fingerprint density at radius 2 is 2.15 bits per heavy atom. The summed E-state index contributed by atoms with van der Waals surface area (Å²) in [5.41, 5.74) is 4.56. The smallest absolute Gasteiger partial charge is 0.360 e. The van der Waals surface area contributed by atoms with Gasteiger partial charge in [-0.15, -0.1) is 0 Å². The molecule has 2 N–H and O–H groups in total. The van der Waals surface area contributed by atoms with Gasteiger partial charge in [0.05, 0.1) is 18.0 Å². The highest BCUT2D eigenvalue weighted by Gasteiger charge is 2.16. The number of aromatic hydroxyl groups is 1. The van der Waals surface area contributed by atoms with Gasteiger partial charge in [0.15, 0.2) is 5.71 Å². The van der Waals surface area contributed by atoms with E-state index in [4.69, 9.17) is 4.74 Å². The fourth-order valence-corrected chi connectivity index (χ4v) is 1.44. The first-order valence-electron chi connectivity index (χ1n) is 6.23. The Balaban J connectivity index is 3.02. The number of aliphatic imine (C=N–C) groups is 1. The van der Waals surface area contributed by atoms with E-state index < -0.39 is 5.97 Å². The fourth-order valence-electron chi connectivity index (χ4n) is 1.44. The van der Waals surface area contributed by atoms with E-state index in [2.05, 4.69) is 15.5 Å². The first kappa shape index (κ1) is 15.7. The maximum Gasteiger partial charge on any atom is 0.360 e. The molecule has 0 aliphatic carbocycles. The highest BCUT2D eigenvalue weighted by atomic mass is 16.5. The lowest BCUT2D eigenvalue weighted by atomic mass is 10.2. The Bertz CT molecular complexity index is 551. The first-order valence-corrected chi connectivity index (χ1v) is 6.23. The van der Waals surface area contributed by atoms with Crippen LogP contribution in [0.5, 0.6) is 5.75 Å². The molecular weight excluding hydrogens is 258 g/mol. The molecule has 1 aromatic carbocycles. The van der Waals surface area contributed by atoms with Crippen LogP contribution in [0.2, 0.25) is 0 Å². The molecule has 0 unspecified atom stereocenters. The third kappa shape index (κ3) is 4.08. The number of anilines is 1. The summed E-state index contributed by atoms with van der Waals surface area (Å²) in [6.45, 7) is 5.52. The molecule has 0 fully saturated rings. The van der Waals surface area contributed by atoms with E-state index in [9.17, 15) is 9.90 Å². The van der Waals surface area contributed by atoms with Crippen molar-refractivity contribution in [1.82, 2.24) is 0 Å².